The van der Waals surface area contributed by atoms with Crippen LogP contribution >= 0.6 is 31.0 Å². The van der Waals surface area contributed by atoms with Crippen molar-refractivity contribution < 1.29 is 18.9 Å². The van der Waals surface area contributed by atoms with Crippen LogP contribution in [-0.4, -0.2) is 34.9 Å². The van der Waals surface area contributed by atoms with Crippen molar-refractivity contribution in [2.45, 2.75) is 37.6 Å². The van der Waals surface area contributed by atoms with E-state index in [1.807, 2.05) is 13.8 Å². The quantitative estimate of drug-likeness (QED) is 0.246. The lowest BCUT2D eigenvalue weighted by atomic mass is 10.1. The standard InChI is InChI=1S/C23H21Cl2N4O5P/c1-13(2)21-20-22(29(28-21)18-11-8-15(24)4-3-5-17(18)25)26-19(27-23(20)30)12-14-6-9-16(10-7-14)34-35(31,32)33/h3-7,9-10,13,15,18H,12H2,1-2H3,(H,26,27,30)(H2,31,32,33)/b4-3-,17-5+. The molecule has 0 bridgehead atoms. The Morgan fingerprint density at radius 1 is 1.26 bits per heavy atom. The first-order valence-corrected chi connectivity index (χ1v) is 12.9. The molecular formula is C23H21Cl2N4O5P. The normalized spacial score (nSPS) is 20.5. The van der Waals surface area contributed by atoms with Gasteiger partial charge in [0.05, 0.1) is 10.7 Å². The fourth-order valence-electron chi connectivity index (χ4n) is 3.57. The predicted octanol–water partition coefficient (Wildman–Crippen LogP) is 4.15. The summed E-state index contributed by atoms with van der Waals surface area (Å²) in [4.78, 5) is 38.5. The molecular weight excluding hydrogens is 514 g/mol. The van der Waals surface area contributed by atoms with Gasteiger partial charge in [-0.3, -0.25) is 14.6 Å². The number of nitrogens with one attached hydrogen (secondary N) is 1. The van der Waals surface area contributed by atoms with Crippen molar-refractivity contribution in [3.05, 3.63) is 75.0 Å². The first-order valence-electron chi connectivity index (χ1n) is 10.6. The predicted molar refractivity (Wildman–Crippen MR) is 134 cm³/mol. The molecule has 2 heterocycles. The minimum atomic E-state index is -4.65. The lowest BCUT2D eigenvalue weighted by Crippen LogP contribution is -2.16. The highest BCUT2D eigenvalue weighted by atomic mass is 35.5. The van der Waals surface area contributed by atoms with Gasteiger partial charge in [0.25, 0.3) is 5.56 Å². The summed E-state index contributed by atoms with van der Waals surface area (Å²) in [5.74, 6) is 6.29. The molecule has 1 aliphatic rings. The van der Waals surface area contributed by atoms with Gasteiger partial charge in [-0.15, -0.1) is 11.6 Å². The molecule has 3 aromatic rings. The van der Waals surface area contributed by atoms with Crippen LogP contribution in [0.25, 0.3) is 11.0 Å². The summed E-state index contributed by atoms with van der Waals surface area (Å²) >= 11 is 12.7. The van der Waals surface area contributed by atoms with Gasteiger partial charge in [-0.25, -0.2) is 14.2 Å². The summed E-state index contributed by atoms with van der Waals surface area (Å²) in [7, 11) is -4.65. The molecule has 0 amide bonds. The number of rotatable bonds is 6. The Hall–Kier alpha value is -2.86. The van der Waals surface area contributed by atoms with Crippen molar-refractivity contribution in [1.82, 2.24) is 19.7 Å². The van der Waals surface area contributed by atoms with Gasteiger partial charge < -0.3 is 9.51 Å². The summed E-state index contributed by atoms with van der Waals surface area (Å²) in [6.07, 6.45) is 5.37. The number of halogens is 2. The summed E-state index contributed by atoms with van der Waals surface area (Å²) in [6.45, 7) is 3.86. The first kappa shape index (κ1) is 25.2. The molecule has 2 unspecified atom stereocenters. The molecule has 35 heavy (non-hydrogen) atoms. The van der Waals surface area contributed by atoms with E-state index in [9.17, 15) is 9.36 Å². The number of aromatic nitrogens is 4. The van der Waals surface area contributed by atoms with E-state index in [1.54, 1.807) is 35.0 Å². The van der Waals surface area contributed by atoms with E-state index in [0.717, 1.165) is 5.56 Å². The van der Waals surface area contributed by atoms with E-state index in [4.69, 9.17) is 33.0 Å². The van der Waals surface area contributed by atoms with Crippen LogP contribution in [0.5, 0.6) is 5.75 Å². The van der Waals surface area contributed by atoms with Gasteiger partial charge in [0, 0.05) is 6.42 Å². The monoisotopic (exact) mass is 534 g/mol. The number of hydrogen-bond acceptors (Lipinski definition) is 5. The minimum absolute atomic E-state index is 0.0228. The van der Waals surface area contributed by atoms with Crippen LogP contribution in [0.2, 0.25) is 0 Å². The van der Waals surface area contributed by atoms with E-state index < -0.39 is 19.2 Å². The molecule has 2 atom stereocenters. The second kappa shape index (κ2) is 10.0. The zero-order valence-corrected chi connectivity index (χ0v) is 21.1. The molecule has 0 spiro atoms. The summed E-state index contributed by atoms with van der Waals surface area (Å²) in [5, 5.41) is 4.94. The number of benzene rings is 1. The first-order chi connectivity index (χ1) is 16.5. The minimum Gasteiger partial charge on any atom is -0.404 e. The highest BCUT2D eigenvalue weighted by molar-refractivity contribution is 7.46. The van der Waals surface area contributed by atoms with E-state index >= 15 is 0 Å². The molecule has 0 aliphatic heterocycles. The second-order valence-corrected chi connectivity index (χ2v) is 10.2. The molecule has 9 nitrogen and oxygen atoms in total. The summed E-state index contributed by atoms with van der Waals surface area (Å²) < 4.78 is 17.1. The fourth-order valence-corrected chi connectivity index (χ4v) is 4.34. The maximum Gasteiger partial charge on any atom is 0.524 e. The lowest BCUT2D eigenvalue weighted by molar-refractivity contribution is 0.283. The van der Waals surface area contributed by atoms with Gasteiger partial charge in [0.2, 0.25) is 0 Å². The van der Waals surface area contributed by atoms with Gasteiger partial charge in [-0.1, -0.05) is 61.6 Å². The molecule has 0 fully saturated rings. The molecule has 1 aromatic carbocycles. The van der Waals surface area contributed by atoms with Crippen LogP contribution < -0.4 is 10.1 Å². The molecule has 0 saturated heterocycles. The Balaban J connectivity index is 1.78. The van der Waals surface area contributed by atoms with E-state index in [1.165, 1.54) is 12.1 Å². The number of alkyl halides is 1. The van der Waals surface area contributed by atoms with Gasteiger partial charge in [-0.05, 0) is 29.7 Å². The molecule has 0 radical (unpaired) electrons. The van der Waals surface area contributed by atoms with Crippen molar-refractivity contribution in [2.75, 3.05) is 0 Å². The number of nitrogens with zero attached hydrogens (tertiary/aromatic N) is 3. The largest absolute Gasteiger partial charge is 0.524 e. The third-order valence-corrected chi connectivity index (χ3v) is 6.14. The number of fused-ring (bicyclic) bond motifs is 1. The highest BCUT2D eigenvalue weighted by Crippen LogP contribution is 2.37. The molecule has 2 aromatic heterocycles. The number of H-pyrrole nitrogens is 1. The van der Waals surface area contributed by atoms with E-state index in [-0.39, 0.29) is 23.6 Å². The van der Waals surface area contributed by atoms with Crippen molar-refractivity contribution >= 4 is 42.1 Å². The van der Waals surface area contributed by atoms with Crippen LogP contribution in [0.4, 0.5) is 0 Å². The summed E-state index contributed by atoms with van der Waals surface area (Å²) in [5.41, 5.74) is 1.32. The van der Waals surface area contributed by atoms with E-state index in [2.05, 4.69) is 31.4 Å². The molecule has 12 heteroatoms. The number of aromatic amines is 1. The Morgan fingerprint density at radius 2 is 1.97 bits per heavy atom. The van der Waals surface area contributed by atoms with Crippen LogP contribution in [0, 0.1) is 11.8 Å². The summed E-state index contributed by atoms with van der Waals surface area (Å²) in [6, 6.07) is 5.43. The number of phosphoric acid groups is 1. The Bertz CT molecular complexity index is 1490. The molecule has 182 valence electrons. The molecule has 0 saturated carbocycles. The maximum atomic E-state index is 13.1. The molecule has 1 aliphatic carbocycles. The number of allylic oxidation sites excluding steroid dienone is 4. The number of hydrogen-bond donors (Lipinski definition) is 3. The van der Waals surface area contributed by atoms with Crippen molar-refractivity contribution in [1.29, 1.82) is 0 Å². The SMILES string of the molecule is CC(C)c1nn(C2C#CC(Cl)/C=C\C=C/2Cl)c2nc(Cc3ccc(OP(=O)(O)O)cc3)[nH]c(=O)c12. The molecule has 3 N–H and O–H groups in total. The molecule has 4 rings (SSSR count). The van der Waals surface area contributed by atoms with Crippen LogP contribution in [0.3, 0.4) is 0 Å². The van der Waals surface area contributed by atoms with Gasteiger partial charge in [0.15, 0.2) is 11.7 Å². The van der Waals surface area contributed by atoms with Crippen LogP contribution in [0.1, 0.15) is 42.9 Å². The maximum absolute atomic E-state index is 13.1. The fraction of sp³-hybridized carbons (Fsp3) is 0.261. The third-order valence-electron chi connectivity index (χ3n) is 5.10. The third kappa shape index (κ3) is 5.87. The zero-order valence-electron chi connectivity index (χ0n) is 18.6. The smallest absolute Gasteiger partial charge is 0.404 e. The Labute approximate surface area is 210 Å². The topological polar surface area (TPSA) is 130 Å². The van der Waals surface area contributed by atoms with Crippen molar-refractivity contribution in [3.63, 3.8) is 0 Å². The van der Waals surface area contributed by atoms with Gasteiger partial charge in [-0.2, -0.15) is 5.10 Å². The lowest BCUT2D eigenvalue weighted by Gasteiger charge is -2.13. The average Bonchev–Trinajstić information content (AvgIpc) is 3.13. The Morgan fingerprint density at radius 3 is 2.63 bits per heavy atom. The van der Waals surface area contributed by atoms with Gasteiger partial charge in [0.1, 0.15) is 22.3 Å². The van der Waals surface area contributed by atoms with E-state index in [0.29, 0.717) is 27.6 Å². The zero-order chi connectivity index (χ0) is 25.3. The van der Waals surface area contributed by atoms with Crippen molar-refractivity contribution in [2.24, 2.45) is 0 Å². The van der Waals surface area contributed by atoms with Crippen LogP contribution in [0.15, 0.2) is 52.3 Å². The van der Waals surface area contributed by atoms with Gasteiger partial charge >= 0.3 is 7.82 Å². The second-order valence-electron chi connectivity index (χ2n) is 8.13. The van der Waals surface area contributed by atoms with Crippen LogP contribution in [-0.2, 0) is 11.0 Å². The number of phosphoric ester groups is 1. The Kier molecular flexibility index (Phi) is 7.22. The average molecular weight is 535 g/mol. The highest BCUT2D eigenvalue weighted by Gasteiger charge is 2.25. The van der Waals surface area contributed by atoms with Crippen molar-refractivity contribution in [3.8, 4) is 17.6 Å².